The van der Waals surface area contributed by atoms with E-state index in [1.807, 2.05) is 48.5 Å². The summed E-state index contributed by atoms with van der Waals surface area (Å²) in [5, 5.41) is 23.4. The summed E-state index contributed by atoms with van der Waals surface area (Å²) in [6.07, 6.45) is 2.08. The monoisotopic (exact) mass is 375 g/mol. The Balaban J connectivity index is 1.91. The van der Waals surface area contributed by atoms with E-state index in [2.05, 4.69) is 21.2 Å². The minimum atomic E-state index is -0.766. The highest BCUT2D eigenvalue weighted by molar-refractivity contribution is 9.09. The van der Waals surface area contributed by atoms with E-state index in [9.17, 15) is 10.2 Å². The van der Waals surface area contributed by atoms with Crippen molar-refractivity contribution in [2.75, 3.05) is 10.6 Å². The third kappa shape index (κ3) is 3.58. The molecule has 3 rings (SSSR count). The van der Waals surface area contributed by atoms with Crippen LogP contribution in [-0.4, -0.2) is 21.8 Å². The van der Waals surface area contributed by atoms with Crippen molar-refractivity contribution in [3.05, 3.63) is 65.2 Å². The highest BCUT2D eigenvalue weighted by Gasteiger charge is 2.21. The highest BCUT2D eigenvalue weighted by atomic mass is 79.9. The largest absolute Gasteiger partial charge is 0.487 e. The molecule has 1 aliphatic rings. The fraction of sp³-hybridized carbons (Fsp3) is 0.222. The van der Waals surface area contributed by atoms with Crippen molar-refractivity contribution >= 4 is 27.7 Å². The van der Waals surface area contributed by atoms with Crippen LogP contribution in [0.5, 0.6) is 5.75 Å². The van der Waals surface area contributed by atoms with Gasteiger partial charge in [-0.2, -0.15) is 0 Å². The summed E-state index contributed by atoms with van der Waals surface area (Å²) in [4.78, 5) is 0. The molecule has 23 heavy (non-hydrogen) atoms. The first kappa shape index (κ1) is 16.1. The van der Waals surface area contributed by atoms with Gasteiger partial charge in [0.15, 0.2) is 0 Å². The van der Waals surface area contributed by atoms with Crippen molar-refractivity contribution in [1.82, 2.24) is 0 Å². The van der Waals surface area contributed by atoms with E-state index in [0.717, 1.165) is 16.7 Å². The van der Waals surface area contributed by atoms with E-state index in [4.69, 9.17) is 4.74 Å². The molecule has 3 N–H and O–H groups in total. The van der Waals surface area contributed by atoms with Gasteiger partial charge in [0, 0.05) is 10.9 Å². The van der Waals surface area contributed by atoms with Crippen LogP contribution in [0.1, 0.15) is 22.8 Å². The number of hydrogen-bond donors (Lipinski definition) is 3. The molecule has 0 bridgehead atoms. The molecule has 1 heterocycles. The maximum atomic E-state index is 10.1. The molecule has 0 amide bonds. The third-order valence-corrected chi connectivity index (χ3v) is 4.33. The van der Waals surface area contributed by atoms with Crippen LogP contribution in [0.15, 0.2) is 48.5 Å². The second-order valence-electron chi connectivity index (χ2n) is 5.33. The summed E-state index contributed by atoms with van der Waals surface area (Å²) >= 11 is 3.30. The lowest BCUT2D eigenvalue weighted by Gasteiger charge is -2.24. The average molecular weight is 376 g/mol. The summed E-state index contributed by atoms with van der Waals surface area (Å²) in [7, 11) is 0. The van der Waals surface area contributed by atoms with Gasteiger partial charge < -0.3 is 20.3 Å². The van der Waals surface area contributed by atoms with Crippen LogP contribution in [0.4, 0.5) is 5.69 Å². The highest BCUT2D eigenvalue weighted by Crippen LogP contribution is 2.38. The van der Waals surface area contributed by atoms with E-state index < -0.39 is 12.3 Å². The van der Waals surface area contributed by atoms with E-state index in [-0.39, 0.29) is 0 Å². The average Bonchev–Trinajstić information content (AvgIpc) is 2.59. The minimum absolute atomic E-state index is 0.440. The second-order valence-corrected chi connectivity index (χ2v) is 5.98. The van der Waals surface area contributed by atoms with E-state index >= 15 is 0 Å². The zero-order valence-corrected chi connectivity index (χ0v) is 14.0. The zero-order valence-electron chi connectivity index (χ0n) is 12.4. The molecule has 0 saturated heterocycles. The van der Waals surface area contributed by atoms with Gasteiger partial charge in [-0.05, 0) is 23.3 Å². The number of benzene rings is 2. The van der Waals surface area contributed by atoms with Gasteiger partial charge >= 0.3 is 0 Å². The molecule has 1 aliphatic heterocycles. The Morgan fingerprint density at radius 2 is 1.96 bits per heavy atom. The Bertz CT molecular complexity index is 703. The predicted molar refractivity (Wildman–Crippen MR) is 94.6 cm³/mol. The minimum Gasteiger partial charge on any atom is -0.487 e. The fourth-order valence-corrected chi connectivity index (χ4v) is 2.91. The van der Waals surface area contributed by atoms with Crippen molar-refractivity contribution in [1.29, 1.82) is 0 Å². The Morgan fingerprint density at radius 1 is 1.17 bits per heavy atom. The molecule has 2 unspecified atom stereocenters. The number of ether oxygens (including phenoxy) is 1. The SMILES string of the molecule is OC1C=Cc2c(C(O)CBr)ccc(OCc3ccccc3)c2N1. The molecule has 2 aromatic rings. The van der Waals surface area contributed by atoms with Gasteiger partial charge in [0.1, 0.15) is 18.6 Å². The Hall–Kier alpha value is -1.82. The molecule has 0 saturated carbocycles. The molecular weight excluding hydrogens is 358 g/mol. The molecule has 5 heteroatoms. The van der Waals surface area contributed by atoms with Gasteiger partial charge in [0.2, 0.25) is 0 Å². The predicted octanol–water partition coefficient (Wildman–Crippen LogP) is 3.45. The standard InChI is InChI=1S/C18H18BrNO3/c19-10-15(21)13-6-8-16(18-14(13)7-9-17(22)20-18)23-11-12-4-2-1-3-5-12/h1-9,15,17,20-22H,10-11H2. The molecule has 0 aromatic heterocycles. The molecule has 0 spiro atoms. The fourth-order valence-electron chi connectivity index (χ4n) is 2.56. The lowest BCUT2D eigenvalue weighted by Crippen LogP contribution is -2.21. The number of rotatable bonds is 5. The summed E-state index contributed by atoms with van der Waals surface area (Å²) in [5.74, 6) is 0.651. The van der Waals surface area contributed by atoms with Gasteiger partial charge in [-0.25, -0.2) is 0 Å². The molecule has 0 radical (unpaired) electrons. The lowest BCUT2D eigenvalue weighted by molar-refractivity contribution is 0.204. The van der Waals surface area contributed by atoms with Crippen molar-refractivity contribution in [3.8, 4) is 5.75 Å². The van der Waals surface area contributed by atoms with Crippen LogP contribution in [-0.2, 0) is 6.61 Å². The first-order valence-electron chi connectivity index (χ1n) is 7.39. The summed E-state index contributed by atoms with van der Waals surface area (Å²) in [5.41, 5.74) is 3.40. The number of hydrogen-bond acceptors (Lipinski definition) is 4. The number of fused-ring (bicyclic) bond motifs is 1. The maximum absolute atomic E-state index is 10.1. The molecule has 0 aliphatic carbocycles. The van der Waals surface area contributed by atoms with Gasteiger partial charge in [0.25, 0.3) is 0 Å². The Morgan fingerprint density at radius 3 is 2.70 bits per heavy atom. The third-order valence-electron chi connectivity index (χ3n) is 3.72. The number of halogens is 1. The van der Waals surface area contributed by atoms with Crippen molar-refractivity contribution in [3.63, 3.8) is 0 Å². The van der Waals surface area contributed by atoms with E-state index in [1.54, 1.807) is 6.08 Å². The zero-order chi connectivity index (χ0) is 16.2. The molecular formula is C18H18BrNO3. The molecule has 2 aromatic carbocycles. The molecule has 0 fully saturated rings. The number of aliphatic hydroxyl groups is 2. The van der Waals surface area contributed by atoms with Crippen LogP contribution in [0.3, 0.4) is 0 Å². The van der Waals surface area contributed by atoms with E-state index in [1.165, 1.54) is 0 Å². The number of alkyl halides is 1. The summed E-state index contributed by atoms with van der Waals surface area (Å²) < 4.78 is 5.91. The number of anilines is 1. The number of aliphatic hydroxyl groups excluding tert-OH is 2. The van der Waals surface area contributed by atoms with Crippen molar-refractivity contribution in [2.24, 2.45) is 0 Å². The van der Waals surface area contributed by atoms with Crippen molar-refractivity contribution in [2.45, 2.75) is 18.9 Å². The van der Waals surface area contributed by atoms with E-state index in [0.29, 0.717) is 23.4 Å². The first-order valence-corrected chi connectivity index (χ1v) is 8.51. The van der Waals surface area contributed by atoms with Crippen LogP contribution >= 0.6 is 15.9 Å². The van der Waals surface area contributed by atoms with Crippen LogP contribution in [0, 0.1) is 0 Å². The van der Waals surface area contributed by atoms with Gasteiger partial charge in [-0.15, -0.1) is 0 Å². The van der Waals surface area contributed by atoms with Crippen LogP contribution < -0.4 is 10.1 Å². The Kier molecular flexibility index (Phi) is 5.00. The van der Waals surface area contributed by atoms with Gasteiger partial charge in [-0.1, -0.05) is 58.4 Å². The summed E-state index contributed by atoms with van der Waals surface area (Å²) in [6, 6.07) is 13.6. The quantitative estimate of drug-likeness (QED) is 0.700. The second kappa shape index (κ2) is 7.17. The topological polar surface area (TPSA) is 61.7 Å². The molecule has 4 nitrogen and oxygen atoms in total. The van der Waals surface area contributed by atoms with Crippen molar-refractivity contribution < 1.29 is 14.9 Å². The lowest BCUT2D eigenvalue weighted by atomic mass is 9.98. The molecule has 2 atom stereocenters. The Labute approximate surface area is 143 Å². The van der Waals surface area contributed by atoms with Gasteiger partial charge in [0.05, 0.1) is 11.8 Å². The number of nitrogens with one attached hydrogen (secondary N) is 1. The van der Waals surface area contributed by atoms with Crippen LogP contribution in [0.2, 0.25) is 0 Å². The molecule has 120 valence electrons. The normalized spacial score (nSPS) is 17.3. The maximum Gasteiger partial charge on any atom is 0.144 e. The smallest absolute Gasteiger partial charge is 0.144 e. The van der Waals surface area contributed by atoms with Crippen LogP contribution in [0.25, 0.3) is 6.08 Å². The summed E-state index contributed by atoms with van der Waals surface area (Å²) in [6.45, 7) is 0.440. The van der Waals surface area contributed by atoms with Gasteiger partial charge in [-0.3, -0.25) is 0 Å². The first-order chi connectivity index (χ1) is 11.2.